The van der Waals surface area contributed by atoms with Crippen molar-refractivity contribution in [3.8, 4) is 22.7 Å². The van der Waals surface area contributed by atoms with Gasteiger partial charge in [0.15, 0.2) is 5.76 Å². The topological polar surface area (TPSA) is 80.8 Å². The van der Waals surface area contributed by atoms with Crippen LogP contribution in [0.25, 0.3) is 22.7 Å². The van der Waals surface area contributed by atoms with Crippen LogP contribution in [0.4, 0.5) is 5.95 Å². The van der Waals surface area contributed by atoms with Crippen molar-refractivity contribution in [1.82, 2.24) is 25.1 Å². The zero-order valence-electron chi connectivity index (χ0n) is 16.8. The summed E-state index contributed by atoms with van der Waals surface area (Å²) < 4.78 is 5.67. The van der Waals surface area contributed by atoms with Crippen molar-refractivity contribution >= 4 is 5.95 Å². The SMILES string of the molecule is CCc1c(C)noc1-c1cnc(N2CCCCCC2)nc1-c1cnc(C)cn1. The van der Waals surface area contributed by atoms with Gasteiger partial charge < -0.3 is 9.42 Å². The monoisotopic (exact) mass is 378 g/mol. The summed E-state index contributed by atoms with van der Waals surface area (Å²) in [6, 6.07) is 0. The molecule has 7 nitrogen and oxygen atoms in total. The Morgan fingerprint density at radius 1 is 0.964 bits per heavy atom. The van der Waals surface area contributed by atoms with E-state index in [1.54, 1.807) is 12.4 Å². The lowest BCUT2D eigenvalue weighted by molar-refractivity contribution is 0.426. The van der Waals surface area contributed by atoms with Crippen molar-refractivity contribution in [2.45, 2.75) is 52.9 Å². The molecule has 146 valence electrons. The highest BCUT2D eigenvalue weighted by atomic mass is 16.5. The van der Waals surface area contributed by atoms with Crippen molar-refractivity contribution in [1.29, 1.82) is 0 Å². The van der Waals surface area contributed by atoms with E-state index in [1.807, 2.05) is 20.0 Å². The highest BCUT2D eigenvalue weighted by Crippen LogP contribution is 2.34. The fourth-order valence-electron chi connectivity index (χ4n) is 3.69. The molecule has 0 spiro atoms. The first kappa shape index (κ1) is 18.5. The van der Waals surface area contributed by atoms with Gasteiger partial charge in [-0.3, -0.25) is 9.97 Å². The molecule has 0 N–H and O–H groups in total. The zero-order valence-corrected chi connectivity index (χ0v) is 16.8. The van der Waals surface area contributed by atoms with Crippen LogP contribution in [-0.2, 0) is 6.42 Å². The molecule has 0 radical (unpaired) electrons. The van der Waals surface area contributed by atoms with Crippen molar-refractivity contribution in [3.05, 3.63) is 35.5 Å². The molecule has 0 saturated carbocycles. The minimum absolute atomic E-state index is 0.718. The lowest BCUT2D eigenvalue weighted by Gasteiger charge is -2.21. The van der Waals surface area contributed by atoms with Gasteiger partial charge in [0.05, 0.1) is 23.1 Å². The van der Waals surface area contributed by atoms with E-state index in [9.17, 15) is 0 Å². The average molecular weight is 378 g/mol. The average Bonchev–Trinajstić information content (AvgIpc) is 2.91. The second kappa shape index (κ2) is 8.04. The minimum atomic E-state index is 0.718. The van der Waals surface area contributed by atoms with Gasteiger partial charge in [0.1, 0.15) is 11.4 Å². The van der Waals surface area contributed by atoms with E-state index < -0.39 is 0 Å². The summed E-state index contributed by atoms with van der Waals surface area (Å²) in [5.41, 5.74) is 5.12. The molecular weight excluding hydrogens is 352 g/mol. The van der Waals surface area contributed by atoms with Crippen LogP contribution in [0.5, 0.6) is 0 Å². The summed E-state index contributed by atoms with van der Waals surface area (Å²) in [6.07, 6.45) is 11.1. The third-order valence-electron chi connectivity index (χ3n) is 5.27. The van der Waals surface area contributed by atoms with Gasteiger partial charge in [-0.15, -0.1) is 0 Å². The first-order valence-corrected chi connectivity index (χ1v) is 10.0. The quantitative estimate of drug-likeness (QED) is 0.674. The standard InChI is InChI=1S/C21H26N6O/c1-4-16-15(3)26-28-20(16)17-12-24-21(27-9-7-5-6-8-10-27)25-19(17)18-13-22-14(2)11-23-18/h11-13H,4-10H2,1-3H3. The van der Waals surface area contributed by atoms with Crippen LogP contribution in [-0.4, -0.2) is 38.2 Å². The molecule has 4 rings (SSSR count). The molecule has 3 aromatic rings. The molecule has 4 heterocycles. The normalized spacial score (nSPS) is 14.9. The number of nitrogens with zero attached hydrogens (tertiary/aromatic N) is 6. The van der Waals surface area contributed by atoms with Gasteiger partial charge in [0.25, 0.3) is 0 Å². The molecule has 1 saturated heterocycles. The van der Waals surface area contributed by atoms with Crippen LogP contribution in [0.1, 0.15) is 49.6 Å². The largest absolute Gasteiger partial charge is 0.356 e. The van der Waals surface area contributed by atoms with Crippen LogP contribution < -0.4 is 4.90 Å². The molecule has 0 amide bonds. The molecule has 0 bridgehead atoms. The van der Waals surface area contributed by atoms with Crippen LogP contribution in [0.15, 0.2) is 23.1 Å². The Morgan fingerprint density at radius 2 is 1.75 bits per heavy atom. The predicted octanol–water partition coefficient (Wildman–Crippen LogP) is 4.15. The smallest absolute Gasteiger partial charge is 0.225 e. The summed E-state index contributed by atoms with van der Waals surface area (Å²) in [6.45, 7) is 7.96. The zero-order chi connectivity index (χ0) is 19.5. The van der Waals surface area contributed by atoms with E-state index in [0.29, 0.717) is 0 Å². The van der Waals surface area contributed by atoms with Crippen LogP contribution in [0, 0.1) is 13.8 Å². The third-order valence-corrected chi connectivity index (χ3v) is 5.27. The van der Waals surface area contributed by atoms with E-state index in [-0.39, 0.29) is 0 Å². The summed E-state index contributed by atoms with van der Waals surface area (Å²) in [4.78, 5) is 20.9. The molecule has 0 aliphatic carbocycles. The second-order valence-corrected chi connectivity index (χ2v) is 7.31. The van der Waals surface area contributed by atoms with E-state index in [1.165, 1.54) is 25.7 Å². The van der Waals surface area contributed by atoms with Crippen molar-refractivity contribution < 1.29 is 4.52 Å². The molecule has 1 aliphatic rings. The Kier molecular flexibility index (Phi) is 5.32. The molecule has 0 aromatic carbocycles. The molecule has 0 atom stereocenters. The summed E-state index contributed by atoms with van der Waals surface area (Å²) >= 11 is 0. The predicted molar refractivity (Wildman–Crippen MR) is 108 cm³/mol. The highest BCUT2D eigenvalue weighted by Gasteiger charge is 2.22. The van der Waals surface area contributed by atoms with E-state index in [4.69, 9.17) is 9.51 Å². The fraction of sp³-hybridized carbons (Fsp3) is 0.476. The van der Waals surface area contributed by atoms with Crippen LogP contribution in [0.2, 0.25) is 0 Å². The molecular formula is C21H26N6O. The Hall–Kier alpha value is -2.83. The molecule has 7 heteroatoms. The maximum atomic E-state index is 5.67. The lowest BCUT2D eigenvalue weighted by atomic mass is 10.0. The Balaban J connectivity index is 1.84. The van der Waals surface area contributed by atoms with E-state index in [2.05, 4.69) is 31.9 Å². The Morgan fingerprint density at radius 3 is 2.43 bits per heavy atom. The number of aromatic nitrogens is 5. The summed E-state index contributed by atoms with van der Waals surface area (Å²) in [5, 5.41) is 4.16. The molecule has 0 unspecified atom stereocenters. The molecule has 3 aromatic heterocycles. The molecule has 1 fully saturated rings. The molecule has 28 heavy (non-hydrogen) atoms. The number of anilines is 1. The lowest BCUT2D eigenvalue weighted by Crippen LogP contribution is -2.26. The van der Waals surface area contributed by atoms with Crippen molar-refractivity contribution in [2.24, 2.45) is 0 Å². The number of rotatable bonds is 4. The number of hydrogen-bond donors (Lipinski definition) is 0. The maximum absolute atomic E-state index is 5.67. The number of aryl methyl sites for hydroxylation is 2. The van der Waals surface area contributed by atoms with Crippen LogP contribution >= 0.6 is 0 Å². The number of hydrogen-bond acceptors (Lipinski definition) is 7. The first-order chi connectivity index (χ1) is 13.7. The van der Waals surface area contributed by atoms with E-state index in [0.717, 1.165) is 65.1 Å². The summed E-state index contributed by atoms with van der Waals surface area (Å²) in [7, 11) is 0. The van der Waals surface area contributed by atoms with Gasteiger partial charge >= 0.3 is 0 Å². The van der Waals surface area contributed by atoms with Crippen molar-refractivity contribution in [3.63, 3.8) is 0 Å². The minimum Gasteiger partial charge on any atom is -0.356 e. The van der Waals surface area contributed by atoms with Gasteiger partial charge in [0, 0.05) is 31.0 Å². The van der Waals surface area contributed by atoms with Gasteiger partial charge in [-0.2, -0.15) is 0 Å². The van der Waals surface area contributed by atoms with Crippen molar-refractivity contribution in [2.75, 3.05) is 18.0 Å². The summed E-state index contributed by atoms with van der Waals surface area (Å²) in [5.74, 6) is 1.47. The third kappa shape index (κ3) is 3.61. The van der Waals surface area contributed by atoms with E-state index >= 15 is 0 Å². The molecule has 1 aliphatic heterocycles. The first-order valence-electron chi connectivity index (χ1n) is 10.0. The Bertz CT molecular complexity index is 942. The van der Waals surface area contributed by atoms with Crippen LogP contribution in [0.3, 0.4) is 0 Å². The maximum Gasteiger partial charge on any atom is 0.225 e. The second-order valence-electron chi connectivity index (χ2n) is 7.31. The van der Waals surface area contributed by atoms with Gasteiger partial charge in [-0.25, -0.2) is 9.97 Å². The highest BCUT2D eigenvalue weighted by molar-refractivity contribution is 5.78. The van der Waals surface area contributed by atoms with Gasteiger partial charge in [-0.1, -0.05) is 24.9 Å². The van der Waals surface area contributed by atoms with Gasteiger partial charge in [-0.05, 0) is 33.1 Å². The van der Waals surface area contributed by atoms with Gasteiger partial charge in [0.2, 0.25) is 5.95 Å². The Labute approximate surface area is 165 Å². The fourth-order valence-corrected chi connectivity index (χ4v) is 3.69.